The molecule has 192 valence electrons. The first-order valence-corrected chi connectivity index (χ1v) is 12.3. The summed E-state index contributed by atoms with van der Waals surface area (Å²) in [5, 5.41) is 0. The number of benzene rings is 1. The number of carbonyl (C=O) groups excluding carboxylic acids is 1. The fraction of sp³-hybridized carbons (Fsp3) is 0.560. The number of nitrogen functional groups attached to an aromatic ring is 1. The summed E-state index contributed by atoms with van der Waals surface area (Å²) >= 11 is 0. The minimum absolute atomic E-state index is 0.0428. The number of aromatic nitrogens is 2. The van der Waals surface area contributed by atoms with Gasteiger partial charge in [0.1, 0.15) is 11.6 Å². The molecule has 0 spiro atoms. The monoisotopic (exact) mass is 486 g/mol. The molecule has 3 N–H and O–H groups in total. The number of nitrogens with one attached hydrogen (secondary N) is 1. The maximum atomic E-state index is 13.4. The number of H-pyrrole nitrogens is 1. The van der Waals surface area contributed by atoms with E-state index in [1.807, 2.05) is 45.0 Å². The van der Waals surface area contributed by atoms with E-state index in [2.05, 4.69) is 14.8 Å². The van der Waals surface area contributed by atoms with Crippen molar-refractivity contribution in [2.75, 3.05) is 61.9 Å². The molecule has 0 radical (unpaired) electrons. The highest BCUT2D eigenvalue weighted by atomic mass is 16.5. The summed E-state index contributed by atoms with van der Waals surface area (Å²) in [4.78, 5) is 46.7. The molecule has 1 aliphatic heterocycles. The van der Waals surface area contributed by atoms with Crippen molar-refractivity contribution in [3.8, 4) is 5.75 Å². The lowest BCUT2D eigenvalue weighted by Gasteiger charge is -2.36. The van der Waals surface area contributed by atoms with Gasteiger partial charge in [-0.3, -0.25) is 24.0 Å². The Hall–Kier alpha value is -3.27. The van der Waals surface area contributed by atoms with Gasteiger partial charge in [-0.25, -0.2) is 4.79 Å². The van der Waals surface area contributed by atoms with Crippen LogP contribution in [0.4, 0.5) is 17.2 Å². The van der Waals surface area contributed by atoms with Crippen LogP contribution in [0.1, 0.15) is 33.6 Å². The zero-order valence-electron chi connectivity index (χ0n) is 21.2. The molecule has 0 atom stereocenters. The summed E-state index contributed by atoms with van der Waals surface area (Å²) in [6, 6.07) is 7.95. The molecule has 1 fully saturated rings. The minimum atomic E-state index is -0.624. The van der Waals surface area contributed by atoms with Crippen LogP contribution < -0.4 is 31.5 Å². The van der Waals surface area contributed by atoms with Crippen LogP contribution in [0.5, 0.6) is 5.75 Å². The number of amides is 1. The molecule has 2 aromatic rings. The van der Waals surface area contributed by atoms with E-state index in [1.165, 1.54) is 9.47 Å². The molecular weight excluding hydrogens is 448 g/mol. The summed E-state index contributed by atoms with van der Waals surface area (Å²) in [7, 11) is 1.65. The second-order valence-corrected chi connectivity index (χ2v) is 9.36. The largest absolute Gasteiger partial charge is 0.497 e. The van der Waals surface area contributed by atoms with Crippen molar-refractivity contribution in [2.24, 2.45) is 5.92 Å². The number of rotatable bonds is 10. The lowest BCUT2D eigenvalue weighted by Crippen LogP contribution is -2.51. The van der Waals surface area contributed by atoms with Crippen molar-refractivity contribution in [2.45, 2.75) is 40.2 Å². The molecule has 2 heterocycles. The standard InChI is InChI=1S/C25H38N6O4/c1-5-6-11-30(22-23(26)31(16-18(2)3)25(34)27-24(22)33)21(32)17-28-12-14-29(15-13-28)19-7-9-20(35-4)10-8-19/h7-10,18H,5-6,11-17,26H2,1-4H3,(H,27,33,34). The summed E-state index contributed by atoms with van der Waals surface area (Å²) < 4.78 is 6.58. The number of nitrogens with two attached hydrogens (primary N) is 1. The van der Waals surface area contributed by atoms with E-state index in [9.17, 15) is 14.4 Å². The molecule has 1 saturated heterocycles. The van der Waals surface area contributed by atoms with Crippen LogP contribution in [0.3, 0.4) is 0 Å². The van der Waals surface area contributed by atoms with Crippen molar-refractivity contribution in [3.05, 3.63) is 45.1 Å². The first-order valence-electron chi connectivity index (χ1n) is 12.3. The number of aromatic amines is 1. The quantitative estimate of drug-likeness (QED) is 0.525. The second kappa shape index (κ2) is 11.9. The van der Waals surface area contributed by atoms with Crippen LogP contribution in [-0.2, 0) is 11.3 Å². The third-order valence-corrected chi connectivity index (χ3v) is 6.24. The van der Waals surface area contributed by atoms with E-state index in [4.69, 9.17) is 10.5 Å². The summed E-state index contributed by atoms with van der Waals surface area (Å²) in [5.74, 6) is 0.819. The average molecular weight is 487 g/mol. The van der Waals surface area contributed by atoms with Crippen LogP contribution in [0.2, 0.25) is 0 Å². The SMILES string of the molecule is CCCCN(C(=O)CN1CCN(c2ccc(OC)cc2)CC1)c1c(N)n(CC(C)C)c(=O)[nH]c1=O. The molecule has 1 aromatic heterocycles. The van der Waals surface area contributed by atoms with Gasteiger partial charge in [-0.15, -0.1) is 0 Å². The van der Waals surface area contributed by atoms with Gasteiger partial charge >= 0.3 is 5.69 Å². The molecule has 35 heavy (non-hydrogen) atoms. The zero-order chi connectivity index (χ0) is 25.5. The maximum Gasteiger partial charge on any atom is 0.330 e. The van der Waals surface area contributed by atoms with E-state index in [0.717, 1.165) is 50.5 Å². The smallest absolute Gasteiger partial charge is 0.330 e. The zero-order valence-corrected chi connectivity index (χ0v) is 21.2. The van der Waals surface area contributed by atoms with Gasteiger partial charge in [0, 0.05) is 45.0 Å². The Balaban J connectivity index is 1.74. The number of hydrogen-bond donors (Lipinski definition) is 2. The Labute approximate surface area is 206 Å². The van der Waals surface area contributed by atoms with Crippen molar-refractivity contribution in [3.63, 3.8) is 0 Å². The van der Waals surface area contributed by atoms with Gasteiger partial charge in [-0.2, -0.15) is 0 Å². The fourth-order valence-corrected chi connectivity index (χ4v) is 4.30. The number of unbranched alkanes of at least 4 members (excludes halogenated alkanes) is 1. The number of ether oxygens (including phenoxy) is 1. The highest BCUT2D eigenvalue weighted by Crippen LogP contribution is 2.22. The lowest BCUT2D eigenvalue weighted by atomic mass is 10.2. The van der Waals surface area contributed by atoms with E-state index in [-0.39, 0.29) is 29.9 Å². The number of piperazine rings is 1. The first kappa shape index (κ1) is 26.3. The molecule has 1 amide bonds. The predicted molar refractivity (Wildman–Crippen MR) is 139 cm³/mol. The van der Waals surface area contributed by atoms with Crippen LogP contribution in [0.25, 0.3) is 0 Å². The Morgan fingerprint density at radius 2 is 1.80 bits per heavy atom. The molecule has 10 heteroatoms. The Bertz CT molecular complexity index is 1100. The van der Waals surface area contributed by atoms with Gasteiger partial charge in [0.25, 0.3) is 5.56 Å². The van der Waals surface area contributed by atoms with Crippen LogP contribution in [0, 0.1) is 5.92 Å². The molecule has 0 aliphatic carbocycles. The third-order valence-electron chi connectivity index (χ3n) is 6.24. The van der Waals surface area contributed by atoms with Crippen molar-refractivity contribution < 1.29 is 9.53 Å². The summed E-state index contributed by atoms with van der Waals surface area (Å²) in [6.45, 7) is 9.87. The molecule has 0 unspecified atom stereocenters. The number of carbonyl (C=O) groups is 1. The van der Waals surface area contributed by atoms with Crippen LogP contribution in [0.15, 0.2) is 33.9 Å². The van der Waals surface area contributed by atoms with Gasteiger partial charge < -0.3 is 20.3 Å². The number of hydrogen-bond acceptors (Lipinski definition) is 7. The summed E-state index contributed by atoms with van der Waals surface area (Å²) in [5.41, 5.74) is 6.31. The molecule has 1 aliphatic rings. The van der Waals surface area contributed by atoms with E-state index in [1.54, 1.807) is 7.11 Å². The van der Waals surface area contributed by atoms with Gasteiger partial charge in [-0.05, 0) is 36.6 Å². The predicted octanol–water partition coefficient (Wildman–Crippen LogP) is 1.74. The molecule has 3 rings (SSSR count). The van der Waals surface area contributed by atoms with Crippen LogP contribution >= 0.6 is 0 Å². The van der Waals surface area contributed by atoms with Gasteiger partial charge in [0.05, 0.1) is 13.7 Å². The van der Waals surface area contributed by atoms with Gasteiger partial charge in [0.2, 0.25) is 5.91 Å². The van der Waals surface area contributed by atoms with E-state index < -0.39 is 11.2 Å². The highest BCUT2D eigenvalue weighted by molar-refractivity contribution is 5.96. The Kier molecular flexibility index (Phi) is 8.97. The van der Waals surface area contributed by atoms with Crippen molar-refractivity contribution in [1.82, 2.24) is 14.5 Å². The molecule has 1 aromatic carbocycles. The molecule has 0 saturated carbocycles. The Morgan fingerprint density at radius 1 is 1.14 bits per heavy atom. The van der Waals surface area contributed by atoms with E-state index in [0.29, 0.717) is 13.1 Å². The van der Waals surface area contributed by atoms with E-state index >= 15 is 0 Å². The molecular formula is C25H38N6O4. The van der Waals surface area contributed by atoms with Gasteiger partial charge in [-0.1, -0.05) is 27.2 Å². The van der Waals surface area contributed by atoms with Gasteiger partial charge in [0.15, 0.2) is 5.69 Å². The summed E-state index contributed by atoms with van der Waals surface area (Å²) in [6.07, 6.45) is 1.58. The number of nitrogens with zero attached hydrogens (tertiary/aromatic N) is 4. The first-order chi connectivity index (χ1) is 16.7. The topological polar surface area (TPSA) is 117 Å². The minimum Gasteiger partial charge on any atom is -0.497 e. The lowest BCUT2D eigenvalue weighted by molar-refractivity contribution is -0.119. The highest BCUT2D eigenvalue weighted by Gasteiger charge is 2.27. The molecule has 0 bridgehead atoms. The normalized spacial score (nSPS) is 14.4. The van der Waals surface area contributed by atoms with Crippen molar-refractivity contribution >= 4 is 23.1 Å². The van der Waals surface area contributed by atoms with Crippen molar-refractivity contribution in [1.29, 1.82) is 0 Å². The number of anilines is 3. The average Bonchev–Trinajstić information content (AvgIpc) is 2.84. The maximum absolute atomic E-state index is 13.4. The van der Waals surface area contributed by atoms with Crippen LogP contribution in [-0.4, -0.2) is 66.7 Å². The second-order valence-electron chi connectivity index (χ2n) is 9.36. The third kappa shape index (κ3) is 6.45. The fourth-order valence-electron chi connectivity index (χ4n) is 4.30. The number of methoxy groups -OCH3 is 1. The Morgan fingerprint density at radius 3 is 2.37 bits per heavy atom. The molecule has 10 nitrogen and oxygen atoms in total.